The van der Waals surface area contributed by atoms with Gasteiger partial charge in [0.2, 0.25) is 5.96 Å². The van der Waals surface area contributed by atoms with Crippen molar-refractivity contribution in [3.63, 3.8) is 0 Å². The number of hydrogen-bond donors (Lipinski definition) is 2. The third-order valence-corrected chi connectivity index (χ3v) is 4.25. The standard InChI is InChI=1S/C20H23N3O/c24-19(16-10-4-1-5-11-16)23-20(21-17-12-6-2-7-13-17)22-18-14-8-3-9-15-18/h2-3,6-9,12-16H,1,4-5,10-11H2,(H2,21,22,23,24). The fourth-order valence-electron chi connectivity index (χ4n) is 2.95. The number of benzene rings is 2. The fourth-order valence-corrected chi connectivity index (χ4v) is 2.95. The van der Waals surface area contributed by atoms with Crippen molar-refractivity contribution >= 4 is 23.2 Å². The number of nitrogens with zero attached hydrogens (tertiary/aromatic N) is 1. The minimum atomic E-state index is -0.0310. The van der Waals surface area contributed by atoms with Gasteiger partial charge in [-0.15, -0.1) is 0 Å². The predicted octanol–water partition coefficient (Wildman–Crippen LogP) is 4.67. The average molecular weight is 321 g/mol. The number of anilines is 2. The SMILES string of the molecule is O=C(N=C(Nc1ccccc1)Nc1ccccc1)C1CCCCC1. The van der Waals surface area contributed by atoms with Gasteiger partial charge in [0.15, 0.2) is 0 Å². The summed E-state index contributed by atoms with van der Waals surface area (Å²) in [5.41, 5.74) is 1.80. The molecule has 2 aromatic carbocycles. The van der Waals surface area contributed by atoms with Crippen molar-refractivity contribution in [2.75, 3.05) is 10.6 Å². The molecule has 0 spiro atoms. The number of amides is 1. The van der Waals surface area contributed by atoms with E-state index in [0.29, 0.717) is 5.96 Å². The van der Waals surface area contributed by atoms with Gasteiger partial charge in [0, 0.05) is 17.3 Å². The smallest absolute Gasteiger partial charge is 0.251 e. The molecule has 1 aliphatic rings. The van der Waals surface area contributed by atoms with Crippen molar-refractivity contribution in [1.82, 2.24) is 0 Å². The molecule has 1 amide bonds. The Balaban J connectivity index is 1.77. The first-order chi connectivity index (χ1) is 11.8. The van der Waals surface area contributed by atoms with Crippen LogP contribution in [-0.2, 0) is 4.79 Å². The number of guanidine groups is 1. The third-order valence-electron chi connectivity index (χ3n) is 4.25. The molecule has 2 aromatic rings. The van der Waals surface area contributed by atoms with Gasteiger partial charge in [-0.25, -0.2) is 0 Å². The zero-order valence-electron chi connectivity index (χ0n) is 13.7. The lowest BCUT2D eigenvalue weighted by atomic mass is 9.89. The molecule has 2 N–H and O–H groups in total. The minimum absolute atomic E-state index is 0.0310. The van der Waals surface area contributed by atoms with Crippen molar-refractivity contribution < 1.29 is 4.79 Å². The Morgan fingerprint density at radius 2 is 1.29 bits per heavy atom. The average Bonchev–Trinajstić information content (AvgIpc) is 2.64. The third kappa shape index (κ3) is 4.69. The molecule has 3 rings (SSSR count). The predicted molar refractivity (Wildman–Crippen MR) is 99.1 cm³/mol. The van der Waals surface area contributed by atoms with Crippen LogP contribution in [0.3, 0.4) is 0 Å². The van der Waals surface area contributed by atoms with E-state index in [4.69, 9.17) is 0 Å². The molecule has 0 atom stereocenters. The molecule has 0 radical (unpaired) electrons. The lowest BCUT2D eigenvalue weighted by Crippen LogP contribution is -2.26. The molecule has 0 unspecified atom stereocenters. The summed E-state index contributed by atoms with van der Waals surface area (Å²) in [4.78, 5) is 16.9. The summed E-state index contributed by atoms with van der Waals surface area (Å²) in [5.74, 6) is 0.503. The molecule has 0 aliphatic heterocycles. The summed E-state index contributed by atoms with van der Waals surface area (Å²) in [6, 6.07) is 19.5. The van der Waals surface area contributed by atoms with Crippen molar-refractivity contribution in [3.05, 3.63) is 60.7 Å². The van der Waals surface area contributed by atoms with E-state index >= 15 is 0 Å². The van der Waals surface area contributed by atoms with Crippen molar-refractivity contribution in [2.45, 2.75) is 32.1 Å². The number of rotatable bonds is 3. The highest BCUT2D eigenvalue weighted by Crippen LogP contribution is 2.24. The summed E-state index contributed by atoms with van der Waals surface area (Å²) in [7, 11) is 0. The lowest BCUT2D eigenvalue weighted by molar-refractivity contribution is -0.122. The Bertz CT molecular complexity index is 633. The fraction of sp³-hybridized carbons (Fsp3) is 0.300. The summed E-state index contributed by atoms with van der Waals surface area (Å²) >= 11 is 0. The van der Waals surface area contributed by atoms with Crippen LogP contribution in [0.5, 0.6) is 0 Å². The zero-order chi connectivity index (χ0) is 16.6. The molecule has 4 heteroatoms. The Hall–Kier alpha value is -2.62. The summed E-state index contributed by atoms with van der Waals surface area (Å²) in [5, 5.41) is 6.43. The number of carbonyl (C=O) groups is 1. The van der Waals surface area contributed by atoms with Gasteiger partial charge in [-0.05, 0) is 37.1 Å². The number of para-hydroxylation sites is 2. The first kappa shape index (κ1) is 16.2. The number of carbonyl (C=O) groups excluding carboxylic acids is 1. The minimum Gasteiger partial charge on any atom is -0.326 e. The second-order valence-corrected chi connectivity index (χ2v) is 6.12. The van der Waals surface area contributed by atoms with Crippen LogP contribution in [0.1, 0.15) is 32.1 Å². The van der Waals surface area contributed by atoms with Crippen LogP contribution in [0.15, 0.2) is 65.7 Å². The van der Waals surface area contributed by atoms with Crippen molar-refractivity contribution in [1.29, 1.82) is 0 Å². The molecule has 0 aromatic heterocycles. The van der Waals surface area contributed by atoms with E-state index in [1.165, 1.54) is 6.42 Å². The van der Waals surface area contributed by atoms with Gasteiger partial charge in [-0.1, -0.05) is 55.7 Å². The molecule has 24 heavy (non-hydrogen) atoms. The largest absolute Gasteiger partial charge is 0.326 e. The maximum atomic E-state index is 12.5. The van der Waals surface area contributed by atoms with Gasteiger partial charge in [0.05, 0.1) is 0 Å². The normalized spacial score (nSPS) is 14.7. The maximum absolute atomic E-state index is 12.5. The molecule has 1 aliphatic carbocycles. The molecule has 0 heterocycles. The monoisotopic (exact) mass is 321 g/mol. The van der Waals surface area contributed by atoms with Crippen LogP contribution >= 0.6 is 0 Å². The maximum Gasteiger partial charge on any atom is 0.251 e. The number of aliphatic imine (C=N–C) groups is 1. The highest BCUT2D eigenvalue weighted by Gasteiger charge is 2.21. The van der Waals surface area contributed by atoms with Crippen LogP contribution in [-0.4, -0.2) is 11.9 Å². The van der Waals surface area contributed by atoms with E-state index < -0.39 is 0 Å². The van der Waals surface area contributed by atoms with E-state index in [9.17, 15) is 4.79 Å². The topological polar surface area (TPSA) is 53.5 Å². The summed E-state index contributed by atoms with van der Waals surface area (Å²) < 4.78 is 0. The lowest BCUT2D eigenvalue weighted by Gasteiger charge is -2.19. The Morgan fingerprint density at radius 3 is 1.79 bits per heavy atom. The van der Waals surface area contributed by atoms with Gasteiger partial charge in [0.1, 0.15) is 0 Å². The first-order valence-electron chi connectivity index (χ1n) is 8.58. The van der Waals surface area contributed by atoms with Gasteiger partial charge in [0.25, 0.3) is 5.91 Å². The summed E-state index contributed by atoms with van der Waals surface area (Å²) in [6.45, 7) is 0. The first-order valence-corrected chi connectivity index (χ1v) is 8.58. The van der Waals surface area contributed by atoms with Gasteiger partial charge in [-0.3, -0.25) is 4.79 Å². The Labute approximate surface area is 143 Å². The number of hydrogen-bond acceptors (Lipinski definition) is 1. The van der Waals surface area contributed by atoms with Crippen LogP contribution in [0.2, 0.25) is 0 Å². The summed E-state index contributed by atoms with van der Waals surface area (Å²) in [6.07, 6.45) is 5.38. The van der Waals surface area contributed by atoms with E-state index in [0.717, 1.165) is 37.1 Å². The van der Waals surface area contributed by atoms with Crippen LogP contribution in [0.25, 0.3) is 0 Å². The van der Waals surface area contributed by atoms with Crippen LogP contribution in [0, 0.1) is 5.92 Å². The molecular weight excluding hydrogens is 298 g/mol. The Kier molecular flexibility index (Phi) is 5.61. The molecular formula is C20H23N3O. The molecule has 1 fully saturated rings. The molecule has 1 saturated carbocycles. The van der Waals surface area contributed by atoms with Crippen LogP contribution < -0.4 is 10.6 Å². The van der Waals surface area contributed by atoms with Crippen LogP contribution in [0.4, 0.5) is 11.4 Å². The molecule has 0 bridgehead atoms. The van der Waals surface area contributed by atoms with E-state index in [1.807, 2.05) is 60.7 Å². The van der Waals surface area contributed by atoms with Gasteiger partial charge < -0.3 is 10.6 Å². The Morgan fingerprint density at radius 1 is 0.792 bits per heavy atom. The highest BCUT2D eigenvalue weighted by atomic mass is 16.1. The van der Waals surface area contributed by atoms with E-state index in [1.54, 1.807) is 0 Å². The van der Waals surface area contributed by atoms with Crippen molar-refractivity contribution in [2.24, 2.45) is 10.9 Å². The zero-order valence-corrected chi connectivity index (χ0v) is 13.7. The quantitative estimate of drug-likeness (QED) is 0.638. The highest BCUT2D eigenvalue weighted by molar-refractivity contribution is 6.08. The second-order valence-electron chi connectivity index (χ2n) is 6.12. The van der Waals surface area contributed by atoms with E-state index in [-0.39, 0.29) is 11.8 Å². The van der Waals surface area contributed by atoms with E-state index in [2.05, 4.69) is 15.6 Å². The second kappa shape index (κ2) is 8.29. The van der Waals surface area contributed by atoms with Gasteiger partial charge in [-0.2, -0.15) is 4.99 Å². The molecule has 4 nitrogen and oxygen atoms in total. The number of nitrogens with one attached hydrogen (secondary N) is 2. The van der Waals surface area contributed by atoms with Crippen molar-refractivity contribution in [3.8, 4) is 0 Å². The van der Waals surface area contributed by atoms with Gasteiger partial charge >= 0.3 is 0 Å². The molecule has 124 valence electrons. The molecule has 0 saturated heterocycles.